The largest absolute Gasteiger partial charge is 0.361 e. The Hall–Kier alpha value is -19.8. The maximum Gasteiger partial charge on any atom is 0.340 e. The molecule has 11 aromatic heterocycles. The normalized spacial score (nSPS) is 10.9. The maximum absolute atomic E-state index is 13.8. The summed E-state index contributed by atoms with van der Waals surface area (Å²) in [4.78, 5) is 64.3. The van der Waals surface area contributed by atoms with Crippen LogP contribution in [0.25, 0.3) is 174 Å². The molecule has 22 nitrogen and oxygen atoms in total. The fourth-order valence-electron chi connectivity index (χ4n) is 16.8. The lowest BCUT2D eigenvalue weighted by Gasteiger charge is -2.03. The monoisotopic (exact) mass is 1860 g/mol. The minimum Gasteiger partial charge on any atom is -0.361 e. The van der Waals surface area contributed by atoms with Gasteiger partial charge in [-0.3, -0.25) is 53.9 Å². The van der Waals surface area contributed by atoms with E-state index in [0.29, 0.717) is 27.2 Å². The van der Waals surface area contributed by atoms with Gasteiger partial charge in [0.25, 0.3) is 17.4 Å². The van der Waals surface area contributed by atoms with Crippen molar-refractivity contribution in [1.29, 1.82) is 0 Å². The van der Waals surface area contributed by atoms with Crippen molar-refractivity contribution >= 4 is 149 Å². The molecule has 11 heterocycles. The summed E-state index contributed by atoms with van der Waals surface area (Å²) in [6.07, 6.45) is 7.86. The quantitative estimate of drug-likeness (QED) is 0.0498. The van der Waals surface area contributed by atoms with Gasteiger partial charge in [-0.25, -0.2) is 13.8 Å². The molecule has 0 unspecified atom stereocenters. The number of fused-ring (bicyclic) bond motifs is 11. The smallest absolute Gasteiger partial charge is 0.340 e. The highest BCUT2D eigenvalue weighted by Crippen LogP contribution is 2.35. The highest BCUT2D eigenvalue weighted by atomic mass is 19.1. The Kier molecular flexibility index (Phi) is 26.2. The molecule has 0 bridgehead atoms. The molecular formula is C117H80F3N17O5+2. The molecule has 682 valence electrons. The average Bonchev–Trinajstić information content (AvgIpc) is 1.47. The van der Waals surface area contributed by atoms with Crippen LogP contribution in [-0.2, 0) is 21.1 Å². The first-order valence-electron chi connectivity index (χ1n) is 44.8. The zero-order chi connectivity index (χ0) is 97.9. The van der Waals surface area contributed by atoms with Crippen molar-refractivity contribution in [2.45, 2.75) is 0 Å². The van der Waals surface area contributed by atoms with E-state index >= 15 is 0 Å². The van der Waals surface area contributed by atoms with Gasteiger partial charge in [-0.15, -0.1) is 9.97 Å². The second-order valence-corrected chi connectivity index (χ2v) is 32.9. The molecule has 0 radical (unpaired) electrons. The Balaban J connectivity index is 0.000000105. The van der Waals surface area contributed by atoms with Crippen molar-refractivity contribution in [2.24, 2.45) is 21.1 Å². The number of carbonyl (C=O) groups excluding carboxylic acids is 3. The van der Waals surface area contributed by atoms with Gasteiger partial charge in [-0.05, 0) is 191 Å². The van der Waals surface area contributed by atoms with Crippen LogP contribution >= 0.6 is 0 Å². The van der Waals surface area contributed by atoms with Gasteiger partial charge >= 0.3 is 11.2 Å². The van der Waals surface area contributed by atoms with Crippen molar-refractivity contribution in [1.82, 2.24) is 64.5 Å². The van der Waals surface area contributed by atoms with Gasteiger partial charge in [0.05, 0.1) is 11.0 Å². The Morgan fingerprint density at radius 1 is 0.310 bits per heavy atom. The Morgan fingerprint density at radius 2 is 0.662 bits per heavy atom. The van der Waals surface area contributed by atoms with E-state index in [1.165, 1.54) is 74.4 Å². The zero-order valence-electron chi connectivity index (χ0n) is 76.2. The molecule has 0 saturated heterocycles. The van der Waals surface area contributed by atoms with Gasteiger partial charge in [-0.1, -0.05) is 268 Å². The number of nitrogens with zero attached hydrogens (tertiary/aromatic N) is 16. The number of nitrogens with one attached hydrogen (secondary N) is 1. The van der Waals surface area contributed by atoms with E-state index in [1.807, 2.05) is 190 Å². The molecule has 14 aromatic carbocycles. The zero-order valence-corrected chi connectivity index (χ0v) is 76.2. The van der Waals surface area contributed by atoms with Crippen LogP contribution in [0.3, 0.4) is 0 Å². The van der Waals surface area contributed by atoms with Crippen LogP contribution < -0.4 is 9.46 Å². The molecule has 0 aliphatic carbocycles. The first kappa shape index (κ1) is 91.3. The van der Waals surface area contributed by atoms with E-state index in [4.69, 9.17) is 13.1 Å². The number of halogens is 3. The molecule has 25 rings (SSSR count). The first-order valence-corrected chi connectivity index (χ1v) is 44.8. The molecule has 0 aliphatic rings. The van der Waals surface area contributed by atoms with Crippen LogP contribution in [0, 0.1) is 30.6 Å². The molecule has 0 spiro atoms. The van der Waals surface area contributed by atoms with Gasteiger partial charge in [-0.2, -0.15) is 24.8 Å². The SMILES string of the molecule is Cn1nc(-c2ccc3ccccc3c2)c2c1ccc[n+]2O.Cn1nc(-c2ccc3ccccc3c2)c2ncccc21.O=C(c1ccc2ccccc2c1)c1c(F)ccc[n+]1O.O=C(c1ccc2ccccc2c1)c1ncccc1F.[C-]#[N+]c1ccc(F)c(C(=O)c2ccc3ccccc3c2)n1.[C-]#[N+]c1ccc2c(n1)c(-c1ccc3ccccc3c1)nn2C.c1ccc2cc(-c3n[nH]c4cccnc34)ccc2c1. The van der Waals surface area contributed by atoms with E-state index in [9.17, 15) is 38.0 Å². The molecule has 0 aliphatic heterocycles. The number of hydrogen-bond acceptors (Lipinski definition) is 14. The summed E-state index contributed by atoms with van der Waals surface area (Å²) >= 11 is 0. The third-order valence-electron chi connectivity index (χ3n) is 23.9. The molecule has 25 aromatic rings. The lowest BCUT2D eigenvalue weighted by atomic mass is 10.0. The minimum absolute atomic E-state index is 0.000499. The Morgan fingerprint density at radius 3 is 1.15 bits per heavy atom. The van der Waals surface area contributed by atoms with Crippen LogP contribution in [0.1, 0.15) is 48.2 Å². The van der Waals surface area contributed by atoms with E-state index < -0.39 is 34.8 Å². The summed E-state index contributed by atoms with van der Waals surface area (Å²) < 4.78 is 48.1. The van der Waals surface area contributed by atoms with E-state index in [1.54, 1.807) is 82.4 Å². The van der Waals surface area contributed by atoms with Crippen LogP contribution in [0.5, 0.6) is 0 Å². The van der Waals surface area contributed by atoms with Gasteiger partial charge < -0.3 is 9.69 Å². The summed E-state index contributed by atoms with van der Waals surface area (Å²) in [7, 11) is 5.73. The van der Waals surface area contributed by atoms with Gasteiger partial charge in [0.2, 0.25) is 41.0 Å². The number of carbonyl (C=O) groups is 3. The van der Waals surface area contributed by atoms with Gasteiger partial charge in [0, 0.05) is 100 Å². The van der Waals surface area contributed by atoms with Crippen LogP contribution in [0.4, 0.5) is 24.8 Å². The summed E-state index contributed by atoms with van der Waals surface area (Å²) in [5, 5.41) is 56.3. The number of aryl methyl sites for hydroxylation is 3. The number of H-pyrrole nitrogens is 1. The summed E-state index contributed by atoms with van der Waals surface area (Å²) in [5.41, 5.74) is 15.1. The van der Waals surface area contributed by atoms with Crippen LogP contribution in [0.2, 0.25) is 0 Å². The molecule has 0 saturated carbocycles. The first-order chi connectivity index (χ1) is 69.3. The lowest BCUT2D eigenvalue weighted by Crippen LogP contribution is -2.38. The lowest BCUT2D eigenvalue weighted by molar-refractivity contribution is -0.906. The Bertz CT molecular complexity index is 9270. The predicted octanol–water partition coefficient (Wildman–Crippen LogP) is 25.3. The van der Waals surface area contributed by atoms with Crippen LogP contribution in [0.15, 0.2) is 413 Å². The van der Waals surface area contributed by atoms with Crippen molar-refractivity contribution in [3.05, 3.63) is 487 Å². The molecule has 0 atom stereocenters. The molecule has 3 N–H and O–H groups in total. The van der Waals surface area contributed by atoms with E-state index in [2.05, 4.69) is 187 Å². The number of benzene rings is 14. The predicted molar refractivity (Wildman–Crippen MR) is 548 cm³/mol. The molecule has 25 heteroatoms. The van der Waals surface area contributed by atoms with Crippen molar-refractivity contribution in [2.75, 3.05) is 0 Å². The average molecular weight is 1860 g/mol. The summed E-state index contributed by atoms with van der Waals surface area (Å²) in [6.45, 7) is 14.0. The fourth-order valence-corrected chi connectivity index (χ4v) is 16.8. The minimum atomic E-state index is -0.756. The van der Waals surface area contributed by atoms with Crippen molar-refractivity contribution in [3.63, 3.8) is 0 Å². The second-order valence-electron chi connectivity index (χ2n) is 32.9. The number of aromatic nitrogens is 15. The number of hydrogen-bond donors (Lipinski definition) is 3. The van der Waals surface area contributed by atoms with Crippen molar-refractivity contribution < 1.29 is 47.4 Å². The highest BCUT2D eigenvalue weighted by Gasteiger charge is 2.29. The standard InChI is InChI=1S/C18H12N4.C17H9FN2O.C17H14N3O.C17H13N3.C16H11FNO2.C16H10FNO.C16H11N3/c1-19-16-10-9-15-18(20-16)17(21-22(15)2)14-8-7-12-5-3-4-6-13(12)11-14;1-19-15-9-8-14(18)16(20-15)17(21)13-7-6-11-4-2-3-5-12(11)10-13;1-19-15-7-4-10-20(21)17(15)16(18-19)14-9-8-12-5-2-3-6-13(12)11-14;1-20-15-7-4-10-18-17(15)16(19-20)14-9-8-12-5-2-3-6-13(12)11-14;17-14-6-3-9-18(20)15(14)16(19)13-8-7-11-4-1-2-5-12(11)10-13;17-14-6-3-9-18-15(14)16(19)13-8-7-11-4-1-2-5-12(11)10-13;1-2-5-12-10-13(8-7-11(12)4-1)15-16-14(18-19-15)6-3-9-17-16/h3-11H,2H3;2-10H;2-11,21H,1H3;2-11H,1H3;1-10,20H;1-10H;1-10H,(H,18,19)/q;;+1;;+1;;. The molecular weight excluding hydrogens is 1780 g/mol. The maximum atomic E-state index is 13.8. The van der Waals surface area contributed by atoms with E-state index in [-0.39, 0.29) is 22.9 Å². The number of aromatic amines is 1. The Labute approximate surface area is 808 Å². The fraction of sp³-hybridized carbons (Fsp3) is 0.0256. The van der Waals surface area contributed by atoms with Crippen molar-refractivity contribution in [3.8, 4) is 45.0 Å². The highest BCUT2D eigenvalue weighted by molar-refractivity contribution is 6.12. The second kappa shape index (κ2) is 40.8. The molecule has 142 heavy (non-hydrogen) atoms. The van der Waals surface area contributed by atoms with Gasteiger partial charge in [0.15, 0.2) is 17.3 Å². The third-order valence-corrected chi connectivity index (χ3v) is 23.9. The molecule has 0 amide bonds. The number of ketones is 3. The summed E-state index contributed by atoms with van der Waals surface area (Å²) in [6, 6.07) is 120. The van der Waals surface area contributed by atoms with Gasteiger partial charge in [0.1, 0.15) is 44.8 Å². The third kappa shape index (κ3) is 19.5. The van der Waals surface area contributed by atoms with Crippen LogP contribution in [-0.4, -0.2) is 92.2 Å². The summed E-state index contributed by atoms with van der Waals surface area (Å²) in [5.74, 6) is -3.17. The number of pyridine rings is 7. The molecule has 0 fully saturated rings. The van der Waals surface area contributed by atoms with E-state index in [0.717, 1.165) is 144 Å². The number of rotatable bonds is 10. The topological polar surface area (TPSA) is 255 Å².